The van der Waals surface area contributed by atoms with Crippen LogP contribution in [0.4, 0.5) is 0 Å². The second-order valence-electron chi connectivity index (χ2n) is 6.87. The molecule has 174 valence electrons. The van der Waals surface area contributed by atoms with Crippen molar-refractivity contribution in [2.45, 2.75) is 71.1 Å². The van der Waals surface area contributed by atoms with Crippen molar-refractivity contribution in [2.24, 2.45) is 5.73 Å². The average molecular weight is 445 g/mol. The Hall–Kier alpha value is -1.24. The lowest BCUT2D eigenvalue weighted by molar-refractivity contribution is -0.121. The highest BCUT2D eigenvalue weighted by Crippen LogP contribution is 2.42. The summed E-state index contributed by atoms with van der Waals surface area (Å²) in [7, 11) is -4.06. The summed E-state index contributed by atoms with van der Waals surface area (Å²) in [4.78, 5) is 21.0. The number of rotatable bonds is 20. The number of carbonyl (C=O) groups excluding carboxylic acids is 1. The van der Waals surface area contributed by atoms with Gasteiger partial charge in [-0.3, -0.25) is 13.8 Å². The number of carbonyl (C=O) groups is 1. The summed E-state index contributed by atoms with van der Waals surface area (Å²) in [6.45, 7) is 2.32. The van der Waals surface area contributed by atoms with Crippen LogP contribution in [0, 0.1) is 0 Å². The van der Waals surface area contributed by atoms with Crippen LogP contribution in [0.5, 0.6) is 0 Å². The van der Waals surface area contributed by atoms with Crippen molar-refractivity contribution in [3.8, 4) is 0 Å². The molecule has 8 heteroatoms. The van der Waals surface area contributed by atoms with E-state index in [1.807, 2.05) is 0 Å². The van der Waals surface area contributed by atoms with Crippen LogP contribution in [0.2, 0.25) is 0 Å². The van der Waals surface area contributed by atoms with Crippen molar-refractivity contribution in [3.63, 3.8) is 0 Å². The van der Waals surface area contributed by atoms with E-state index in [-0.39, 0.29) is 32.2 Å². The first-order valence-electron chi connectivity index (χ1n) is 11.1. The van der Waals surface area contributed by atoms with Crippen molar-refractivity contribution in [1.82, 2.24) is 5.32 Å². The van der Waals surface area contributed by atoms with Crippen LogP contribution in [0.25, 0.3) is 0 Å². The minimum Gasteiger partial charge on any atom is -0.354 e. The number of nitrogens with two attached hydrogens (primary N) is 1. The van der Waals surface area contributed by atoms with E-state index in [0.29, 0.717) is 6.42 Å². The second kappa shape index (κ2) is 21.0. The van der Waals surface area contributed by atoms with Gasteiger partial charge in [-0.05, 0) is 38.5 Å². The number of phosphoric acid groups is 1. The zero-order valence-corrected chi connectivity index (χ0v) is 19.4. The topological polar surface area (TPSA) is 111 Å². The highest BCUT2D eigenvalue weighted by Gasteiger charge is 2.19. The molecule has 0 aromatic rings. The first-order valence-corrected chi connectivity index (χ1v) is 12.5. The van der Waals surface area contributed by atoms with Gasteiger partial charge >= 0.3 is 7.82 Å². The molecule has 0 aromatic carbocycles. The fourth-order valence-corrected chi connectivity index (χ4v) is 3.28. The monoisotopic (exact) mass is 444 g/mol. The van der Waals surface area contributed by atoms with Gasteiger partial charge in [0.05, 0.1) is 13.2 Å². The molecule has 1 unspecified atom stereocenters. The number of unbranched alkanes of at least 4 members (excludes halogenated alkanes) is 5. The third kappa shape index (κ3) is 21.5. The van der Waals surface area contributed by atoms with Crippen molar-refractivity contribution >= 4 is 13.7 Å². The Balaban J connectivity index is 3.45. The van der Waals surface area contributed by atoms with Gasteiger partial charge in [0.25, 0.3) is 0 Å². The predicted octanol–water partition coefficient (Wildman–Crippen LogP) is 4.78. The van der Waals surface area contributed by atoms with Gasteiger partial charge in [0.2, 0.25) is 5.91 Å². The molecule has 0 bridgehead atoms. The molecule has 0 aliphatic rings. The molecule has 7 nitrogen and oxygen atoms in total. The normalized spacial score (nSPS) is 14.1. The van der Waals surface area contributed by atoms with E-state index in [4.69, 9.17) is 10.3 Å². The van der Waals surface area contributed by atoms with Crippen molar-refractivity contribution in [1.29, 1.82) is 0 Å². The van der Waals surface area contributed by atoms with E-state index in [1.54, 1.807) is 0 Å². The summed E-state index contributed by atoms with van der Waals surface area (Å²) in [5, 5.41) is 2.67. The largest absolute Gasteiger partial charge is 0.472 e. The lowest BCUT2D eigenvalue weighted by Gasteiger charge is -2.11. The van der Waals surface area contributed by atoms with Gasteiger partial charge in [-0.1, -0.05) is 62.6 Å². The van der Waals surface area contributed by atoms with Crippen LogP contribution >= 0.6 is 7.82 Å². The van der Waals surface area contributed by atoms with Gasteiger partial charge in [-0.2, -0.15) is 0 Å². The van der Waals surface area contributed by atoms with E-state index in [2.05, 4.69) is 53.2 Å². The Kier molecular flexibility index (Phi) is 20.1. The molecule has 0 saturated heterocycles. The van der Waals surface area contributed by atoms with Crippen molar-refractivity contribution < 1.29 is 23.3 Å². The Labute approximate surface area is 182 Å². The predicted molar refractivity (Wildman–Crippen MR) is 123 cm³/mol. The standard InChI is InChI=1S/C22H41N2O5P/c1-2-3-4-5-6-7-8-9-10-11-12-13-14-15-16-17-22(25)24-19-21-29-30(26,27)28-20-18-23/h3-4,6-7,9-10H,2,5,8,11-21,23H2,1H3,(H,24,25)(H,26,27). The Morgan fingerprint density at radius 1 is 0.933 bits per heavy atom. The van der Waals surface area contributed by atoms with E-state index < -0.39 is 7.82 Å². The Morgan fingerprint density at radius 3 is 2.23 bits per heavy atom. The molecule has 0 spiro atoms. The lowest BCUT2D eigenvalue weighted by Crippen LogP contribution is -2.26. The number of allylic oxidation sites excluding steroid dienone is 6. The van der Waals surface area contributed by atoms with Gasteiger partial charge < -0.3 is 15.9 Å². The van der Waals surface area contributed by atoms with Crippen LogP contribution in [0.1, 0.15) is 71.1 Å². The number of hydrogen-bond donors (Lipinski definition) is 3. The van der Waals surface area contributed by atoms with E-state index in [9.17, 15) is 14.3 Å². The first kappa shape index (κ1) is 28.8. The molecule has 0 radical (unpaired) electrons. The quantitative estimate of drug-likeness (QED) is 0.142. The zero-order chi connectivity index (χ0) is 22.3. The minimum atomic E-state index is -4.06. The van der Waals surface area contributed by atoms with Crippen molar-refractivity contribution in [3.05, 3.63) is 36.5 Å². The summed E-state index contributed by atoms with van der Waals surface area (Å²) in [6, 6.07) is 0. The van der Waals surface area contributed by atoms with Gasteiger partial charge in [-0.25, -0.2) is 4.57 Å². The summed E-state index contributed by atoms with van der Waals surface area (Å²) < 4.78 is 20.7. The highest BCUT2D eigenvalue weighted by molar-refractivity contribution is 7.47. The molecule has 0 rings (SSSR count). The molecule has 0 aromatic heterocycles. The molecular weight excluding hydrogens is 403 g/mol. The number of phosphoric ester groups is 1. The lowest BCUT2D eigenvalue weighted by atomic mass is 10.1. The van der Waals surface area contributed by atoms with Crippen molar-refractivity contribution in [2.75, 3.05) is 26.3 Å². The molecule has 4 N–H and O–H groups in total. The minimum absolute atomic E-state index is 0.0506. The third-order valence-electron chi connectivity index (χ3n) is 4.11. The summed E-state index contributed by atoms with van der Waals surface area (Å²) in [6.07, 6.45) is 23.3. The maximum Gasteiger partial charge on any atom is 0.472 e. The van der Waals surface area contributed by atoms with Crippen LogP contribution < -0.4 is 11.1 Å². The van der Waals surface area contributed by atoms with Gasteiger partial charge in [0, 0.05) is 19.5 Å². The van der Waals surface area contributed by atoms with Crippen LogP contribution in [-0.2, 0) is 18.4 Å². The molecule has 0 fully saturated rings. The summed E-state index contributed by atoms with van der Waals surface area (Å²) in [5.74, 6) is -0.0737. The summed E-state index contributed by atoms with van der Waals surface area (Å²) in [5.41, 5.74) is 5.18. The summed E-state index contributed by atoms with van der Waals surface area (Å²) >= 11 is 0. The van der Waals surface area contributed by atoms with Crippen LogP contribution in [0.3, 0.4) is 0 Å². The van der Waals surface area contributed by atoms with E-state index in [0.717, 1.165) is 44.9 Å². The van der Waals surface area contributed by atoms with E-state index in [1.165, 1.54) is 12.8 Å². The van der Waals surface area contributed by atoms with E-state index >= 15 is 0 Å². The molecule has 1 atom stereocenters. The number of nitrogens with one attached hydrogen (secondary N) is 1. The van der Waals surface area contributed by atoms with Gasteiger partial charge in [-0.15, -0.1) is 0 Å². The fourth-order valence-electron chi connectivity index (χ4n) is 2.55. The zero-order valence-electron chi connectivity index (χ0n) is 18.5. The van der Waals surface area contributed by atoms with Crippen LogP contribution in [-0.4, -0.2) is 37.1 Å². The van der Waals surface area contributed by atoms with Gasteiger partial charge in [0.1, 0.15) is 0 Å². The molecule has 0 heterocycles. The molecule has 30 heavy (non-hydrogen) atoms. The molecule has 0 aliphatic heterocycles. The maximum atomic E-state index is 11.7. The third-order valence-corrected chi connectivity index (χ3v) is 5.12. The average Bonchev–Trinajstić information content (AvgIpc) is 2.72. The fraction of sp³-hybridized carbons (Fsp3) is 0.682. The molecule has 0 saturated carbocycles. The highest BCUT2D eigenvalue weighted by atomic mass is 31.2. The Bertz CT molecular complexity index is 550. The first-order chi connectivity index (χ1) is 14.5. The smallest absolute Gasteiger partial charge is 0.354 e. The maximum absolute atomic E-state index is 11.7. The number of amides is 1. The number of hydrogen-bond acceptors (Lipinski definition) is 5. The SMILES string of the molecule is CCC=CCC=CCC=CCCCCCCCC(=O)NCCOP(=O)(O)OCCN. The second-order valence-corrected chi connectivity index (χ2v) is 8.33. The molecule has 0 aliphatic carbocycles. The molecule has 1 amide bonds. The van der Waals surface area contributed by atoms with Gasteiger partial charge in [0.15, 0.2) is 0 Å². The molecular formula is C22H41N2O5P. The Morgan fingerprint density at radius 2 is 1.53 bits per heavy atom. The van der Waals surface area contributed by atoms with Crippen LogP contribution in [0.15, 0.2) is 36.5 Å².